The second-order valence-corrected chi connectivity index (χ2v) is 13.1. The van der Waals surface area contributed by atoms with Gasteiger partial charge in [0, 0.05) is 62.5 Å². The molecule has 3 aliphatic heterocycles. The Morgan fingerprint density at radius 3 is 2.50 bits per heavy atom. The van der Waals surface area contributed by atoms with Gasteiger partial charge in [-0.3, -0.25) is 39.3 Å². The number of nitrogens with zero attached hydrogens (tertiary/aromatic N) is 6. The molecule has 0 saturated carbocycles. The maximum absolute atomic E-state index is 14.8. The molecule has 5 aromatic rings. The third-order valence-electron chi connectivity index (χ3n) is 9.98. The Labute approximate surface area is 307 Å². The molecule has 5 amide bonds. The van der Waals surface area contributed by atoms with Crippen molar-refractivity contribution in [3.63, 3.8) is 0 Å². The van der Waals surface area contributed by atoms with Crippen LogP contribution in [-0.2, 0) is 14.4 Å². The van der Waals surface area contributed by atoms with Crippen LogP contribution in [0.1, 0.15) is 40.0 Å². The van der Waals surface area contributed by atoms with Gasteiger partial charge in [-0.25, -0.2) is 14.4 Å². The summed E-state index contributed by atoms with van der Waals surface area (Å²) >= 11 is 0. The first kappa shape index (κ1) is 34.4. The Balaban J connectivity index is 0.870. The normalized spacial score (nSPS) is 17.2. The number of ether oxygens (including phenoxy) is 1. The molecule has 3 aromatic carbocycles. The molecule has 1 atom stereocenters. The Hall–Kier alpha value is -6.71. The highest BCUT2D eigenvalue weighted by Gasteiger charge is 2.45. The maximum Gasteiger partial charge on any atom is 0.264 e. The molecule has 5 heterocycles. The summed E-state index contributed by atoms with van der Waals surface area (Å²) in [5.74, 6) is -2.32. The van der Waals surface area contributed by atoms with E-state index in [-0.39, 0.29) is 54.2 Å². The van der Waals surface area contributed by atoms with Crippen LogP contribution in [-0.4, -0.2) is 105 Å². The molecule has 1 unspecified atom stereocenters. The Morgan fingerprint density at radius 2 is 1.74 bits per heavy atom. The number of amides is 5. The SMILES string of the molecule is COc1cccc(F)c1-c1ncc2[nH]nc(-c3ccc(N4CCN(C(=O)CCNc5cccc6c5C(=O)N(C5CCC(=O)NC5=O)C6=O)CC4)cc3)c2n1. The second-order valence-electron chi connectivity index (χ2n) is 13.1. The Bertz CT molecular complexity index is 2340. The predicted octanol–water partition coefficient (Wildman–Crippen LogP) is 3.39. The van der Waals surface area contributed by atoms with Gasteiger partial charge in [0.1, 0.15) is 34.3 Å². The van der Waals surface area contributed by atoms with Crippen molar-refractivity contribution in [3.05, 3.63) is 83.8 Å². The second kappa shape index (κ2) is 14.0. The number of imide groups is 2. The molecule has 15 nitrogen and oxygen atoms in total. The fourth-order valence-corrected chi connectivity index (χ4v) is 7.20. The van der Waals surface area contributed by atoms with Crippen molar-refractivity contribution in [2.45, 2.75) is 25.3 Å². The fourth-order valence-electron chi connectivity index (χ4n) is 7.20. The van der Waals surface area contributed by atoms with Gasteiger partial charge in [0.05, 0.1) is 30.0 Å². The molecule has 16 heteroatoms. The topological polar surface area (TPSA) is 183 Å². The van der Waals surface area contributed by atoms with E-state index in [0.717, 1.165) is 16.2 Å². The summed E-state index contributed by atoms with van der Waals surface area (Å²) in [6.45, 7) is 2.55. The third kappa shape index (κ3) is 6.14. The van der Waals surface area contributed by atoms with Crippen LogP contribution < -0.4 is 20.3 Å². The van der Waals surface area contributed by atoms with E-state index >= 15 is 0 Å². The summed E-state index contributed by atoms with van der Waals surface area (Å²) in [6, 6.07) is 16.2. The van der Waals surface area contributed by atoms with Crippen LogP contribution in [0.4, 0.5) is 15.8 Å². The number of fused-ring (bicyclic) bond motifs is 2. The standard InChI is InChI=1S/C38H34FN9O6/c1-54-28-7-3-5-24(39)32(28)35-41-20-26-34(43-35)33(45-44-26)21-8-10-22(11-9-21)46-16-18-47(19-17-46)30(50)14-15-40-25-6-2-4-23-31(25)38(53)48(37(23)52)27-12-13-29(49)42-36(27)51/h2-11,20,27,40H,12-19H2,1H3,(H,44,45)(H,42,49,51). The van der Waals surface area contributed by atoms with Crippen LogP contribution in [0.15, 0.2) is 66.9 Å². The lowest BCUT2D eigenvalue weighted by atomic mass is 10.0. The van der Waals surface area contributed by atoms with Crippen LogP contribution in [0, 0.1) is 5.82 Å². The minimum absolute atomic E-state index is 0.0372. The van der Waals surface area contributed by atoms with E-state index in [2.05, 4.69) is 35.7 Å². The predicted molar refractivity (Wildman–Crippen MR) is 194 cm³/mol. The molecule has 0 radical (unpaired) electrons. The Kier molecular flexibility index (Phi) is 8.93. The van der Waals surface area contributed by atoms with Crippen LogP contribution in [0.5, 0.6) is 5.75 Å². The molecule has 3 aliphatic rings. The first-order chi connectivity index (χ1) is 26.2. The molecule has 2 fully saturated rings. The molecule has 54 heavy (non-hydrogen) atoms. The number of aromatic nitrogens is 4. The smallest absolute Gasteiger partial charge is 0.264 e. The lowest BCUT2D eigenvalue weighted by molar-refractivity contribution is -0.136. The van der Waals surface area contributed by atoms with E-state index in [1.807, 2.05) is 24.3 Å². The Morgan fingerprint density at radius 1 is 0.963 bits per heavy atom. The van der Waals surface area contributed by atoms with Crippen LogP contribution >= 0.6 is 0 Å². The number of rotatable bonds is 9. The minimum Gasteiger partial charge on any atom is -0.496 e. The molecular formula is C38H34FN9O6. The molecule has 8 rings (SSSR count). The number of piperazine rings is 1. The van der Waals surface area contributed by atoms with Gasteiger partial charge in [0.15, 0.2) is 5.82 Å². The highest BCUT2D eigenvalue weighted by atomic mass is 19.1. The number of hydrogen-bond donors (Lipinski definition) is 3. The maximum atomic E-state index is 14.8. The first-order valence-corrected chi connectivity index (χ1v) is 17.5. The summed E-state index contributed by atoms with van der Waals surface area (Å²) in [6.07, 6.45) is 1.85. The van der Waals surface area contributed by atoms with Gasteiger partial charge in [-0.15, -0.1) is 0 Å². The van der Waals surface area contributed by atoms with Gasteiger partial charge in [-0.05, 0) is 42.8 Å². The quantitative estimate of drug-likeness (QED) is 0.189. The lowest BCUT2D eigenvalue weighted by Crippen LogP contribution is -2.54. The number of carbonyl (C=O) groups is 5. The number of methoxy groups -OCH3 is 1. The number of aromatic amines is 1. The van der Waals surface area contributed by atoms with Crippen molar-refractivity contribution >= 4 is 51.9 Å². The fraction of sp³-hybridized carbons (Fsp3) is 0.263. The van der Waals surface area contributed by atoms with E-state index in [1.54, 1.807) is 35.4 Å². The van der Waals surface area contributed by atoms with Crippen molar-refractivity contribution in [1.82, 2.24) is 35.3 Å². The highest BCUT2D eigenvalue weighted by Crippen LogP contribution is 2.34. The van der Waals surface area contributed by atoms with Gasteiger partial charge < -0.3 is 19.9 Å². The zero-order chi connectivity index (χ0) is 37.5. The van der Waals surface area contributed by atoms with Crippen LogP contribution in [0.25, 0.3) is 33.7 Å². The molecule has 3 N–H and O–H groups in total. The molecule has 0 aliphatic carbocycles. The average Bonchev–Trinajstić information content (AvgIpc) is 3.72. The monoisotopic (exact) mass is 731 g/mol. The van der Waals surface area contributed by atoms with E-state index in [4.69, 9.17) is 4.74 Å². The van der Waals surface area contributed by atoms with Crippen LogP contribution in [0.3, 0.4) is 0 Å². The molecule has 0 bridgehead atoms. The third-order valence-corrected chi connectivity index (χ3v) is 9.98. The summed E-state index contributed by atoms with van der Waals surface area (Å²) in [7, 11) is 1.47. The highest BCUT2D eigenvalue weighted by molar-refractivity contribution is 6.25. The van der Waals surface area contributed by atoms with E-state index in [0.29, 0.717) is 54.3 Å². The summed E-state index contributed by atoms with van der Waals surface area (Å²) in [4.78, 5) is 77.6. The first-order valence-electron chi connectivity index (χ1n) is 17.5. The zero-order valence-corrected chi connectivity index (χ0v) is 29.1. The lowest BCUT2D eigenvalue weighted by Gasteiger charge is -2.36. The number of H-pyrrole nitrogens is 1. The van der Waals surface area contributed by atoms with Gasteiger partial charge in [0.2, 0.25) is 17.7 Å². The van der Waals surface area contributed by atoms with E-state index in [1.165, 1.54) is 19.2 Å². The van der Waals surface area contributed by atoms with E-state index < -0.39 is 35.5 Å². The molecule has 2 saturated heterocycles. The minimum atomic E-state index is -1.06. The van der Waals surface area contributed by atoms with E-state index in [9.17, 15) is 28.4 Å². The summed E-state index contributed by atoms with van der Waals surface area (Å²) in [5, 5.41) is 12.7. The number of hydrogen-bond acceptors (Lipinski definition) is 11. The summed E-state index contributed by atoms with van der Waals surface area (Å²) in [5.41, 5.74) is 4.46. The van der Waals surface area contributed by atoms with Crippen molar-refractivity contribution in [2.75, 3.05) is 50.1 Å². The van der Waals surface area contributed by atoms with Crippen molar-refractivity contribution in [3.8, 4) is 28.4 Å². The molecular weight excluding hydrogens is 697 g/mol. The van der Waals surface area contributed by atoms with Gasteiger partial charge in [-0.1, -0.05) is 24.3 Å². The largest absolute Gasteiger partial charge is 0.496 e. The number of benzene rings is 3. The summed E-state index contributed by atoms with van der Waals surface area (Å²) < 4.78 is 20.1. The molecule has 0 spiro atoms. The van der Waals surface area contributed by atoms with Gasteiger partial charge in [-0.2, -0.15) is 5.10 Å². The van der Waals surface area contributed by atoms with Crippen molar-refractivity contribution in [1.29, 1.82) is 0 Å². The van der Waals surface area contributed by atoms with Gasteiger partial charge in [0.25, 0.3) is 11.8 Å². The van der Waals surface area contributed by atoms with Gasteiger partial charge >= 0.3 is 0 Å². The number of halogens is 1. The van der Waals surface area contributed by atoms with Crippen LogP contribution in [0.2, 0.25) is 0 Å². The van der Waals surface area contributed by atoms with Crippen molar-refractivity contribution in [2.24, 2.45) is 0 Å². The van der Waals surface area contributed by atoms with Crippen molar-refractivity contribution < 1.29 is 33.1 Å². The molecule has 2 aromatic heterocycles. The zero-order valence-electron chi connectivity index (χ0n) is 29.1. The molecule has 274 valence electrons. The average molecular weight is 732 g/mol. The number of piperidine rings is 1. The number of anilines is 2. The number of carbonyl (C=O) groups excluding carboxylic acids is 5. The number of nitrogens with one attached hydrogen (secondary N) is 3.